The van der Waals surface area contributed by atoms with E-state index in [1.807, 2.05) is 0 Å². The van der Waals surface area contributed by atoms with Crippen molar-refractivity contribution in [1.82, 2.24) is 4.98 Å². The van der Waals surface area contributed by atoms with Crippen LogP contribution >= 0.6 is 27.5 Å². The molecule has 2 rings (SSSR count). The second-order valence-electron chi connectivity index (χ2n) is 3.42. The minimum absolute atomic E-state index is 0.283. The highest BCUT2D eigenvalue weighted by Gasteiger charge is 2.11. The molecule has 1 heterocycles. The number of aromatic nitrogens is 1. The fourth-order valence-electron chi connectivity index (χ4n) is 1.34. The van der Waals surface area contributed by atoms with Gasteiger partial charge >= 0.3 is 0 Å². The van der Waals surface area contributed by atoms with Crippen LogP contribution in [0.15, 0.2) is 40.9 Å². The van der Waals surface area contributed by atoms with E-state index >= 15 is 0 Å². The summed E-state index contributed by atoms with van der Waals surface area (Å²) in [5.74, 6) is -0.473. The second-order valence-corrected chi connectivity index (χ2v) is 4.67. The lowest BCUT2D eigenvalue weighted by molar-refractivity contribution is 0.102. The van der Waals surface area contributed by atoms with Gasteiger partial charge in [0.05, 0.1) is 5.56 Å². The number of nitrogens with zero attached hydrogens (tertiary/aromatic N) is 1. The summed E-state index contributed by atoms with van der Waals surface area (Å²) >= 11 is 8.83. The van der Waals surface area contributed by atoms with Gasteiger partial charge in [-0.25, -0.2) is 9.37 Å². The van der Waals surface area contributed by atoms with Crippen LogP contribution < -0.4 is 5.32 Å². The van der Waals surface area contributed by atoms with Crippen LogP contribution in [0.5, 0.6) is 0 Å². The van der Waals surface area contributed by atoms with E-state index in [0.29, 0.717) is 15.9 Å². The van der Waals surface area contributed by atoms with Crippen molar-refractivity contribution in [2.24, 2.45) is 0 Å². The van der Waals surface area contributed by atoms with Crippen LogP contribution in [-0.4, -0.2) is 10.9 Å². The number of halogens is 3. The highest BCUT2D eigenvalue weighted by molar-refractivity contribution is 9.10. The highest BCUT2D eigenvalue weighted by Crippen LogP contribution is 2.19. The lowest BCUT2D eigenvalue weighted by Gasteiger charge is -2.06. The molecule has 0 unspecified atom stereocenters. The van der Waals surface area contributed by atoms with Crippen LogP contribution in [0.25, 0.3) is 0 Å². The third kappa shape index (κ3) is 3.05. The van der Waals surface area contributed by atoms with Crippen molar-refractivity contribution in [3.8, 4) is 0 Å². The maximum absolute atomic E-state index is 12.9. The van der Waals surface area contributed by atoms with Crippen LogP contribution in [0, 0.1) is 5.82 Å². The maximum atomic E-state index is 12.9. The smallest absolute Gasteiger partial charge is 0.257 e. The fourth-order valence-corrected chi connectivity index (χ4v) is 2.03. The molecular weight excluding hydrogens is 322 g/mol. The Balaban J connectivity index is 2.22. The molecule has 0 saturated heterocycles. The number of carbonyl (C=O) groups excluding carboxylic acids is 1. The largest absolute Gasteiger partial charge is 0.306 e. The summed E-state index contributed by atoms with van der Waals surface area (Å²) in [6.07, 6.45) is 0. The first kappa shape index (κ1) is 13.0. The second kappa shape index (κ2) is 5.46. The molecule has 1 amide bonds. The topological polar surface area (TPSA) is 42.0 Å². The van der Waals surface area contributed by atoms with Crippen LogP contribution in [0.3, 0.4) is 0 Å². The number of hydrogen-bond donors (Lipinski definition) is 1. The molecule has 92 valence electrons. The van der Waals surface area contributed by atoms with E-state index in [4.69, 9.17) is 11.6 Å². The zero-order valence-electron chi connectivity index (χ0n) is 8.95. The number of rotatable bonds is 2. The third-order valence-electron chi connectivity index (χ3n) is 2.13. The van der Waals surface area contributed by atoms with Gasteiger partial charge < -0.3 is 5.32 Å². The van der Waals surface area contributed by atoms with Crippen molar-refractivity contribution in [3.05, 3.63) is 57.4 Å². The molecule has 0 radical (unpaired) electrons. The van der Waals surface area contributed by atoms with Gasteiger partial charge in [0, 0.05) is 4.47 Å². The van der Waals surface area contributed by atoms with Gasteiger partial charge in [0.25, 0.3) is 5.91 Å². The first-order valence-corrected chi connectivity index (χ1v) is 6.12. The summed E-state index contributed by atoms with van der Waals surface area (Å²) in [6, 6.07) is 8.71. The van der Waals surface area contributed by atoms with Gasteiger partial charge in [-0.15, -0.1) is 0 Å². The molecule has 18 heavy (non-hydrogen) atoms. The Hall–Kier alpha value is -1.46. The lowest BCUT2D eigenvalue weighted by Crippen LogP contribution is -2.13. The van der Waals surface area contributed by atoms with Gasteiger partial charge in [0.1, 0.15) is 16.8 Å². The Morgan fingerprint density at radius 3 is 2.78 bits per heavy atom. The summed E-state index contributed by atoms with van der Waals surface area (Å²) in [7, 11) is 0. The van der Waals surface area contributed by atoms with E-state index in [9.17, 15) is 9.18 Å². The predicted molar refractivity (Wildman–Crippen MR) is 71.3 cm³/mol. The Bertz CT molecular complexity index is 606. The number of nitrogens with one attached hydrogen (secondary N) is 1. The number of benzene rings is 1. The van der Waals surface area contributed by atoms with Crippen molar-refractivity contribution in [1.29, 1.82) is 0 Å². The van der Waals surface area contributed by atoms with Gasteiger partial charge in [-0.2, -0.15) is 0 Å². The molecule has 1 aromatic carbocycles. The van der Waals surface area contributed by atoms with E-state index in [-0.39, 0.29) is 5.15 Å². The van der Waals surface area contributed by atoms with E-state index in [1.54, 1.807) is 18.2 Å². The van der Waals surface area contributed by atoms with E-state index in [2.05, 4.69) is 26.2 Å². The van der Waals surface area contributed by atoms with E-state index < -0.39 is 11.7 Å². The summed E-state index contributed by atoms with van der Waals surface area (Å²) in [4.78, 5) is 15.8. The molecule has 0 aliphatic carbocycles. The van der Waals surface area contributed by atoms with Gasteiger partial charge in [0.15, 0.2) is 0 Å². The molecule has 0 fully saturated rings. The molecule has 0 spiro atoms. The Labute approximate surface area is 116 Å². The first-order chi connectivity index (χ1) is 8.56. The number of carbonyl (C=O) groups is 1. The Kier molecular flexibility index (Phi) is 3.93. The zero-order chi connectivity index (χ0) is 13.1. The predicted octanol–water partition coefficient (Wildman–Crippen LogP) is 3.89. The molecule has 1 N–H and O–H groups in total. The minimum atomic E-state index is -0.417. The standard InChI is InChI=1S/C12H7BrClFN2O/c13-9-6-7(15)4-5-8(9)12(18)17-11-3-1-2-10(14)16-11/h1-6H,(H,16,17,18). The summed E-state index contributed by atoms with van der Waals surface area (Å²) in [5, 5.41) is 2.86. The normalized spacial score (nSPS) is 10.2. The molecule has 3 nitrogen and oxygen atoms in total. The van der Waals surface area contributed by atoms with Crippen molar-refractivity contribution in [2.45, 2.75) is 0 Å². The molecular formula is C12H7BrClFN2O. The molecule has 0 bridgehead atoms. The average molecular weight is 330 g/mol. The van der Waals surface area contributed by atoms with Crippen molar-refractivity contribution >= 4 is 39.3 Å². The fraction of sp³-hybridized carbons (Fsp3) is 0. The summed E-state index contributed by atoms with van der Waals surface area (Å²) < 4.78 is 13.3. The minimum Gasteiger partial charge on any atom is -0.306 e. The van der Waals surface area contributed by atoms with Gasteiger partial charge in [0.2, 0.25) is 0 Å². The van der Waals surface area contributed by atoms with Crippen molar-refractivity contribution in [3.63, 3.8) is 0 Å². The molecule has 6 heteroatoms. The van der Waals surface area contributed by atoms with E-state index in [1.165, 1.54) is 18.2 Å². The molecule has 0 atom stereocenters. The Morgan fingerprint density at radius 2 is 2.11 bits per heavy atom. The third-order valence-corrected chi connectivity index (χ3v) is 3.00. The van der Waals surface area contributed by atoms with E-state index in [0.717, 1.165) is 0 Å². The Morgan fingerprint density at radius 1 is 1.33 bits per heavy atom. The van der Waals surface area contributed by atoms with Crippen LogP contribution in [0.4, 0.5) is 10.2 Å². The van der Waals surface area contributed by atoms with Crippen molar-refractivity contribution < 1.29 is 9.18 Å². The number of amides is 1. The molecule has 0 aliphatic rings. The molecule has 0 saturated carbocycles. The van der Waals surface area contributed by atoms with Gasteiger partial charge in [-0.3, -0.25) is 4.79 Å². The van der Waals surface area contributed by atoms with Gasteiger partial charge in [-0.1, -0.05) is 17.7 Å². The highest BCUT2D eigenvalue weighted by atomic mass is 79.9. The summed E-state index contributed by atoms with van der Waals surface area (Å²) in [6.45, 7) is 0. The SMILES string of the molecule is O=C(Nc1cccc(Cl)n1)c1ccc(F)cc1Br. The van der Waals surface area contributed by atoms with Crippen molar-refractivity contribution in [2.75, 3.05) is 5.32 Å². The molecule has 0 aliphatic heterocycles. The average Bonchev–Trinajstić information content (AvgIpc) is 2.28. The molecule has 2 aromatic rings. The monoisotopic (exact) mass is 328 g/mol. The number of hydrogen-bond acceptors (Lipinski definition) is 2. The molecule has 1 aromatic heterocycles. The zero-order valence-corrected chi connectivity index (χ0v) is 11.3. The number of anilines is 1. The quantitative estimate of drug-likeness (QED) is 0.849. The van der Waals surface area contributed by atoms with Gasteiger partial charge in [-0.05, 0) is 46.3 Å². The first-order valence-electron chi connectivity index (χ1n) is 4.95. The van der Waals surface area contributed by atoms with Crippen LogP contribution in [-0.2, 0) is 0 Å². The number of pyridine rings is 1. The lowest BCUT2D eigenvalue weighted by atomic mass is 10.2. The van der Waals surface area contributed by atoms with Crippen LogP contribution in [0.1, 0.15) is 10.4 Å². The van der Waals surface area contributed by atoms with Crippen LogP contribution in [0.2, 0.25) is 5.15 Å². The summed E-state index contributed by atoms with van der Waals surface area (Å²) in [5.41, 5.74) is 0.318. The maximum Gasteiger partial charge on any atom is 0.257 e.